The van der Waals surface area contributed by atoms with E-state index < -0.39 is 29.4 Å². The zero-order valence-electron chi connectivity index (χ0n) is 20.1. The van der Waals surface area contributed by atoms with E-state index >= 15 is 0 Å². The van der Waals surface area contributed by atoms with Crippen LogP contribution in [0.25, 0.3) is 0 Å². The number of imide groups is 1. The predicted molar refractivity (Wildman–Crippen MR) is 137 cm³/mol. The lowest BCUT2D eigenvalue weighted by Crippen LogP contribution is -2.41. The Bertz CT molecular complexity index is 991. The Morgan fingerprint density at radius 1 is 0.914 bits per heavy atom. The van der Waals surface area contributed by atoms with Crippen LogP contribution in [0, 0.1) is 0 Å². The van der Waals surface area contributed by atoms with Gasteiger partial charge in [-0.3, -0.25) is 14.5 Å². The van der Waals surface area contributed by atoms with E-state index in [0.29, 0.717) is 15.8 Å². The fourth-order valence-corrected chi connectivity index (χ4v) is 4.04. The first-order valence-corrected chi connectivity index (χ1v) is 12.2. The summed E-state index contributed by atoms with van der Waals surface area (Å²) in [7, 11) is 0. The Hall–Kier alpha value is -2.03. The van der Waals surface area contributed by atoms with Gasteiger partial charge in [-0.15, -0.1) is 11.6 Å². The lowest BCUT2D eigenvalue weighted by molar-refractivity contribution is -0.144. The summed E-state index contributed by atoms with van der Waals surface area (Å²) >= 11 is 18.4. The number of hydrogen-bond donors (Lipinski definition) is 2. The molecule has 0 bridgehead atoms. The fraction of sp³-hybridized carbons (Fsp3) is 0.440. The van der Waals surface area contributed by atoms with E-state index in [1.807, 2.05) is 26.0 Å². The standard InChI is InChI=1S/C25H30Cl3NO6/c1-15(30)29(16(2)31)12-20(33)14-34-21-7-5-17(6-8-21)25(3,4)18-9-22(27)24(23(28)10-18)35-13-19(32)11-26/h5-10,19-20,32-33H,11-14H2,1-4H3/t19-,20-/m0/s1. The first kappa shape index (κ1) is 29.2. The topological polar surface area (TPSA) is 96.3 Å². The van der Waals surface area contributed by atoms with Crippen LogP contribution >= 0.6 is 34.8 Å². The number of carbonyl (C=O) groups excluding carboxylic acids is 2. The second kappa shape index (κ2) is 12.8. The molecular formula is C25H30Cl3NO6. The van der Waals surface area contributed by atoms with Gasteiger partial charge in [0, 0.05) is 19.3 Å². The van der Waals surface area contributed by atoms with E-state index in [2.05, 4.69) is 0 Å². The van der Waals surface area contributed by atoms with Gasteiger partial charge in [0.1, 0.15) is 31.2 Å². The monoisotopic (exact) mass is 545 g/mol. The van der Waals surface area contributed by atoms with E-state index in [1.54, 1.807) is 24.3 Å². The van der Waals surface area contributed by atoms with E-state index in [9.17, 15) is 19.8 Å². The molecule has 0 spiro atoms. The smallest absolute Gasteiger partial charge is 0.226 e. The van der Waals surface area contributed by atoms with Crippen LogP contribution in [0.4, 0.5) is 0 Å². The quantitative estimate of drug-likeness (QED) is 0.405. The van der Waals surface area contributed by atoms with Crippen LogP contribution < -0.4 is 9.47 Å². The summed E-state index contributed by atoms with van der Waals surface area (Å²) < 4.78 is 11.2. The van der Waals surface area contributed by atoms with Crippen molar-refractivity contribution < 1.29 is 29.3 Å². The van der Waals surface area contributed by atoms with Gasteiger partial charge in [-0.1, -0.05) is 49.2 Å². The highest BCUT2D eigenvalue weighted by molar-refractivity contribution is 6.37. The summed E-state index contributed by atoms with van der Waals surface area (Å²) in [4.78, 5) is 23.9. The summed E-state index contributed by atoms with van der Waals surface area (Å²) in [5.41, 5.74) is 1.35. The molecule has 2 atom stereocenters. The molecule has 2 rings (SSSR count). The first-order chi connectivity index (χ1) is 16.4. The highest BCUT2D eigenvalue weighted by Gasteiger charge is 2.26. The van der Waals surface area contributed by atoms with Gasteiger partial charge < -0.3 is 19.7 Å². The number of halogens is 3. The molecule has 10 heteroatoms. The Kier molecular flexibility index (Phi) is 10.7. The molecule has 192 valence electrons. The third-order valence-corrected chi connectivity index (χ3v) is 6.41. The number of ether oxygens (including phenoxy) is 2. The maximum absolute atomic E-state index is 11.5. The molecule has 0 saturated heterocycles. The van der Waals surface area contributed by atoms with Crippen LogP contribution in [0.2, 0.25) is 10.0 Å². The average Bonchev–Trinajstić information content (AvgIpc) is 2.80. The molecule has 2 aromatic rings. The predicted octanol–water partition coefficient (Wildman–Crippen LogP) is 4.43. The second-order valence-corrected chi connectivity index (χ2v) is 9.77. The summed E-state index contributed by atoms with van der Waals surface area (Å²) in [5, 5.41) is 20.4. The second-order valence-electron chi connectivity index (χ2n) is 8.65. The molecule has 0 aliphatic rings. The summed E-state index contributed by atoms with van der Waals surface area (Å²) in [6.07, 6.45) is -1.85. The first-order valence-electron chi connectivity index (χ1n) is 10.9. The van der Waals surface area contributed by atoms with Crippen molar-refractivity contribution in [1.29, 1.82) is 0 Å². The van der Waals surface area contributed by atoms with Crippen LogP contribution in [0.15, 0.2) is 36.4 Å². The molecule has 2 aromatic carbocycles. The van der Waals surface area contributed by atoms with Gasteiger partial charge in [-0.05, 0) is 35.4 Å². The lowest BCUT2D eigenvalue weighted by atomic mass is 9.78. The van der Waals surface area contributed by atoms with Crippen molar-refractivity contribution in [3.8, 4) is 11.5 Å². The third kappa shape index (κ3) is 7.98. The Labute approximate surface area is 220 Å². The molecule has 0 heterocycles. The van der Waals surface area contributed by atoms with Crippen molar-refractivity contribution in [2.45, 2.75) is 45.3 Å². The number of nitrogens with zero attached hydrogens (tertiary/aromatic N) is 1. The number of benzene rings is 2. The minimum absolute atomic E-state index is 0.0244. The van der Waals surface area contributed by atoms with E-state index in [4.69, 9.17) is 44.3 Å². The van der Waals surface area contributed by atoms with Crippen molar-refractivity contribution >= 4 is 46.6 Å². The molecule has 35 heavy (non-hydrogen) atoms. The molecule has 0 unspecified atom stereocenters. The van der Waals surface area contributed by atoms with Crippen LogP contribution in [0.1, 0.15) is 38.8 Å². The molecular weight excluding hydrogens is 517 g/mol. The molecule has 2 N–H and O–H groups in total. The number of carbonyl (C=O) groups is 2. The molecule has 0 radical (unpaired) electrons. The van der Waals surface area contributed by atoms with Crippen molar-refractivity contribution in [3.63, 3.8) is 0 Å². The molecule has 0 aliphatic carbocycles. The largest absolute Gasteiger partial charge is 0.491 e. The normalized spacial score (nSPS) is 13.2. The molecule has 2 amide bonds. The van der Waals surface area contributed by atoms with Gasteiger partial charge in [0.2, 0.25) is 11.8 Å². The lowest BCUT2D eigenvalue weighted by Gasteiger charge is -2.27. The van der Waals surface area contributed by atoms with Gasteiger partial charge in [0.25, 0.3) is 0 Å². The summed E-state index contributed by atoms with van der Waals surface area (Å²) in [6, 6.07) is 10.9. The van der Waals surface area contributed by atoms with Crippen LogP contribution in [0.3, 0.4) is 0 Å². The highest BCUT2D eigenvalue weighted by atomic mass is 35.5. The van der Waals surface area contributed by atoms with Crippen LogP contribution in [-0.2, 0) is 15.0 Å². The Morgan fingerprint density at radius 2 is 1.43 bits per heavy atom. The van der Waals surface area contributed by atoms with E-state index in [-0.39, 0.29) is 31.4 Å². The van der Waals surface area contributed by atoms with Crippen molar-refractivity contribution in [3.05, 3.63) is 57.6 Å². The minimum Gasteiger partial charge on any atom is -0.491 e. The number of rotatable bonds is 11. The fourth-order valence-electron chi connectivity index (χ4n) is 3.35. The Balaban J connectivity index is 2.09. The molecule has 0 fully saturated rings. The zero-order chi connectivity index (χ0) is 26.3. The molecule has 0 aromatic heterocycles. The van der Waals surface area contributed by atoms with Gasteiger partial charge in [0.05, 0.1) is 22.5 Å². The highest BCUT2D eigenvalue weighted by Crippen LogP contribution is 2.40. The molecule has 0 saturated carbocycles. The minimum atomic E-state index is -1.02. The number of amides is 2. The molecule has 0 aliphatic heterocycles. The maximum Gasteiger partial charge on any atom is 0.226 e. The van der Waals surface area contributed by atoms with Crippen molar-refractivity contribution in [2.24, 2.45) is 0 Å². The van der Waals surface area contributed by atoms with Gasteiger partial charge in [0.15, 0.2) is 5.75 Å². The zero-order valence-corrected chi connectivity index (χ0v) is 22.3. The van der Waals surface area contributed by atoms with Crippen molar-refractivity contribution in [2.75, 3.05) is 25.6 Å². The molecule has 7 nitrogen and oxygen atoms in total. The number of alkyl halides is 1. The van der Waals surface area contributed by atoms with Crippen LogP contribution in [0.5, 0.6) is 11.5 Å². The van der Waals surface area contributed by atoms with Gasteiger partial charge in [-0.25, -0.2) is 0 Å². The number of hydrogen-bond acceptors (Lipinski definition) is 6. The number of aliphatic hydroxyl groups is 2. The van der Waals surface area contributed by atoms with Gasteiger partial charge in [-0.2, -0.15) is 0 Å². The number of aliphatic hydroxyl groups excluding tert-OH is 2. The summed E-state index contributed by atoms with van der Waals surface area (Å²) in [5.74, 6) is -0.0219. The third-order valence-electron chi connectivity index (χ3n) is 5.49. The van der Waals surface area contributed by atoms with Gasteiger partial charge >= 0.3 is 0 Å². The maximum atomic E-state index is 11.5. The SMILES string of the molecule is CC(=O)N(C[C@H](O)COc1ccc(C(C)(C)c2cc(Cl)c(OC[C@@H](O)CCl)c(Cl)c2)cc1)C(C)=O. The van der Waals surface area contributed by atoms with E-state index in [0.717, 1.165) is 16.0 Å². The van der Waals surface area contributed by atoms with Crippen molar-refractivity contribution in [1.82, 2.24) is 4.90 Å². The summed E-state index contributed by atoms with van der Waals surface area (Å²) in [6.45, 7) is 6.33. The van der Waals surface area contributed by atoms with E-state index in [1.165, 1.54) is 13.8 Å². The average molecular weight is 547 g/mol. The Morgan fingerprint density at radius 3 is 1.91 bits per heavy atom. The van der Waals surface area contributed by atoms with Crippen LogP contribution in [-0.4, -0.2) is 64.8 Å².